The van der Waals surface area contributed by atoms with Crippen molar-refractivity contribution in [2.24, 2.45) is 0 Å². The minimum atomic E-state index is -0.981. The predicted molar refractivity (Wildman–Crippen MR) is 48.0 cm³/mol. The van der Waals surface area contributed by atoms with Crippen molar-refractivity contribution in [2.45, 2.75) is 0 Å². The monoisotopic (exact) mass is 198 g/mol. The van der Waals surface area contributed by atoms with E-state index in [9.17, 15) is 13.6 Å². The highest BCUT2D eigenvalue weighted by Crippen LogP contribution is 2.23. The van der Waals surface area contributed by atoms with E-state index in [0.29, 0.717) is 11.8 Å². The Morgan fingerprint density at radius 2 is 1.93 bits per heavy atom. The largest absolute Gasteiger partial charge is 0.496 e. The van der Waals surface area contributed by atoms with Crippen LogP contribution in [0.4, 0.5) is 8.78 Å². The number of benzene rings is 1. The Morgan fingerprint density at radius 1 is 1.29 bits per heavy atom. The molecule has 2 nitrogen and oxygen atoms in total. The number of ether oxygens (including phenoxy) is 1. The van der Waals surface area contributed by atoms with Crippen LogP contribution in [0.2, 0.25) is 0 Å². The predicted octanol–water partition coefficient (Wildman–Crippen LogP) is 2.19. The van der Waals surface area contributed by atoms with Crippen LogP contribution in [0, 0.1) is 11.6 Å². The Morgan fingerprint density at radius 3 is 2.50 bits per heavy atom. The molecule has 74 valence electrons. The first-order valence-corrected chi connectivity index (χ1v) is 3.84. The lowest BCUT2D eigenvalue weighted by Gasteiger charge is -2.04. The van der Waals surface area contributed by atoms with Gasteiger partial charge >= 0.3 is 0 Å². The molecule has 0 bridgehead atoms. The molecule has 0 fully saturated rings. The van der Waals surface area contributed by atoms with E-state index in [-0.39, 0.29) is 5.75 Å². The Balaban J connectivity index is 3.19. The average Bonchev–Trinajstić information content (AvgIpc) is 2.19. The van der Waals surface area contributed by atoms with Gasteiger partial charge in [-0.1, -0.05) is 0 Å². The second-order valence-electron chi connectivity index (χ2n) is 2.50. The Hall–Kier alpha value is -1.71. The highest BCUT2D eigenvalue weighted by Gasteiger charge is 2.07. The second-order valence-corrected chi connectivity index (χ2v) is 2.50. The number of aldehydes is 1. The number of carbonyl (C=O) groups is 1. The average molecular weight is 198 g/mol. The number of hydrogen-bond donors (Lipinski definition) is 0. The molecule has 0 amide bonds. The molecule has 4 heteroatoms. The minimum absolute atomic E-state index is 0.182. The maximum Gasteiger partial charge on any atom is 0.162 e. The molecule has 1 aromatic rings. The third kappa shape index (κ3) is 2.16. The lowest BCUT2D eigenvalue weighted by molar-refractivity contribution is -0.104. The van der Waals surface area contributed by atoms with Gasteiger partial charge in [0.2, 0.25) is 0 Å². The summed E-state index contributed by atoms with van der Waals surface area (Å²) in [6, 6.07) is 1.90. The summed E-state index contributed by atoms with van der Waals surface area (Å²) in [5, 5.41) is 0. The quantitative estimate of drug-likeness (QED) is 0.549. The van der Waals surface area contributed by atoms with Crippen molar-refractivity contribution in [3.63, 3.8) is 0 Å². The van der Waals surface area contributed by atoms with Crippen LogP contribution in [0.5, 0.6) is 5.75 Å². The standard InChI is InChI=1S/C10H8F2O2/c1-14-10-6-9(12)8(11)5-7(10)3-2-4-13/h2-6H,1H3. The Kier molecular flexibility index (Phi) is 3.34. The molecule has 0 spiro atoms. The van der Waals surface area contributed by atoms with Crippen LogP contribution >= 0.6 is 0 Å². The van der Waals surface area contributed by atoms with Crippen molar-refractivity contribution in [1.82, 2.24) is 0 Å². The zero-order valence-corrected chi connectivity index (χ0v) is 7.46. The first-order valence-electron chi connectivity index (χ1n) is 3.84. The summed E-state index contributed by atoms with van der Waals surface area (Å²) in [6.07, 6.45) is 3.06. The van der Waals surface area contributed by atoms with Crippen molar-refractivity contribution in [1.29, 1.82) is 0 Å². The van der Waals surface area contributed by atoms with Crippen molar-refractivity contribution < 1.29 is 18.3 Å². The van der Waals surface area contributed by atoms with Crippen LogP contribution in [0.25, 0.3) is 6.08 Å². The maximum absolute atomic E-state index is 12.8. The summed E-state index contributed by atoms with van der Waals surface area (Å²) >= 11 is 0. The molecule has 0 unspecified atom stereocenters. The molecule has 1 rings (SSSR count). The van der Waals surface area contributed by atoms with Gasteiger partial charge in [0.05, 0.1) is 7.11 Å². The number of rotatable bonds is 3. The molecule has 0 radical (unpaired) electrons. The van der Waals surface area contributed by atoms with E-state index >= 15 is 0 Å². The van der Waals surface area contributed by atoms with Gasteiger partial charge < -0.3 is 4.74 Å². The third-order valence-electron chi connectivity index (χ3n) is 1.63. The van der Waals surface area contributed by atoms with E-state index < -0.39 is 11.6 Å². The van der Waals surface area contributed by atoms with Crippen molar-refractivity contribution in [2.75, 3.05) is 7.11 Å². The first-order chi connectivity index (χ1) is 6.69. The molecule has 0 aromatic heterocycles. The number of halogens is 2. The van der Waals surface area contributed by atoms with E-state index in [4.69, 9.17) is 4.74 Å². The molecular formula is C10H8F2O2. The summed E-state index contributed by atoms with van der Waals surface area (Å²) in [7, 11) is 1.34. The zero-order valence-electron chi connectivity index (χ0n) is 7.46. The summed E-state index contributed by atoms with van der Waals surface area (Å²) in [5.74, 6) is -1.77. The van der Waals surface area contributed by atoms with Gasteiger partial charge in [-0.2, -0.15) is 0 Å². The molecular weight excluding hydrogens is 190 g/mol. The molecule has 0 N–H and O–H groups in total. The fraction of sp³-hybridized carbons (Fsp3) is 0.100. The number of carbonyl (C=O) groups excluding carboxylic acids is 1. The lowest BCUT2D eigenvalue weighted by atomic mass is 10.1. The molecule has 0 saturated heterocycles. The fourth-order valence-corrected chi connectivity index (χ4v) is 0.994. The highest BCUT2D eigenvalue weighted by molar-refractivity contribution is 5.75. The summed E-state index contributed by atoms with van der Waals surface area (Å²) < 4.78 is 30.3. The van der Waals surface area contributed by atoms with Crippen LogP contribution in [-0.2, 0) is 4.79 Å². The number of hydrogen-bond acceptors (Lipinski definition) is 2. The van der Waals surface area contributed by atoms with Gasteiger partial charge in [0.25, 0.3) is 0 Å². The third-order valence-corrected chi connectivity index (χ3v) is 1.63. The number of methoxy groups -OCH3 is 1. The first kappa shape index (κ1) is 10.4. The van der Waals surface area contributed by atoms with Crippen molar-refractivity contribution in [3.05, 3.63) is 35.4 Å². The number of allylic oxidation sites excluding steroid dienone is 1. The molecule has 0 aliphatic heterocycles. The van der Waals surface area contributed by atoms with E-state index in [1.54, 1.807) is 0 Å². The van der Waals surface area contributed by atoms with Gasteiger partial charge in [0, 0.05) is 11.6 Å². The van der Waals surface area contributed by atoms with Crippen LogP contribution in [0.1, 0.15) is 5.56 Å². The molecule has 0 aliphatic rings. The van der Waals surface area contributed by atoms with Gasteiger partial charge in [-0.05, 0) is 18.2 Å². The molecule has 0 aliphatic carbocycles. The SMILES string of the molecule is COc1cc(F)c(F)cc1C=CC=O. The van der Waals surface area contributed by atoms with Gasteiger partial charge in [0.1, 0.15) is 12.0 Å². The summed E-state index contributed by atoms with van der Waals surface area (Å²) in [5.41, 5.74) is 0.318. The van der Waals surface area contributed by atoms with E-state index in [1.807, 2.05) is 0 Å². The summed E-state index contributed by atoms with van der Waals surface area (Å²) in [4.78, 5) is 10.0. The minimum Gasteiger partial charge on any atom is -0.496 e. The van der Waals surface area contributed by atoms with E-state index in [1.165, 1.54) is 19.3 Å². The van der Waals surface area contributed by atoms with Crippen molar-refractivity contribution in [3.8, 4) is 5.75 Å². The smallest absolute Gasteiger partial charge is 0.162 e. The lowest BCUT2D eigenvalue weighted by Crippen LogP contribution is -1.92. The van der Waals surface area contributed by atoms with E-state index in [2.05, 4.69) is 0 Å². The summed E-state index contributed by atoms with van der Waals surface area (Å²) in [6.45, 7) is 0. The molecule has 0 heterocycles. The molecule has 14 heavy (non-hydrogen) atoms. The van der Waals surface area contributed by atoms with Crippen LogP contribution in [0.3, 0.4) is 0 Å². The van der Waals surface area contributed by atoms with Gasteiger partial charge in [-0.15, -0.1) is 0 Å². The molecule has 1 aromatic carbocycles. The van der Waals surface area contributed by atoms with Gasteiger partial charge in [0.15, 0.2) is 11.6 Å². The molecule has 0 atom stereocenters. The van der Waals surface area contributed by atoms with Gasteiger partial charge in [-0.25, -0.2) is 8.78 Å². The van der Waals surface area contributed by atoms with Crippen LogP contribution in [0.15, 0.2) is 18.2 Å². The van der Waals surface area contributed by atoms with Crippen LogP contribution in [-0.4, -0.2) is 13.4 Å². The van der Waals surface area contributed by atoms with Crippen LogP contribution < -0.4 is 4.74 Å². The Bertz CT molecular complexity index is 373. The normalized spacial score (nSPS) is 10.5. The second kappa shape index (κ2) is 4.50. The fourth-order valence-electron chi connectivity index (χ4n) is 0.994. The maximum atomic E-state index is 12.8. The van der Waals surface area contributed by atoms with Gasteiger partial charge in [-0.3, -0.25) is 4.79 Å². The topological polar surface area (TPSA) is 26.3 Å². The Labute approximate surface area is 79.8 Å². The van der Waals surface area contributed by atoms with Crippen molar-refractivity contribution >= 4 is 12.4 Å². The molecule has 0 saturated carbocycles. The highest BCUT2D eigenvalue weighted by atomic mass is 19.2. The zero-order chi connectivity index (χ0) is 10.6. The van der Waals surface area contributed by atoms with E-state index in [0.717, 1.165) is 12.1 Å².